The maximum Gasteiger partial charge on any atom is 0.339 e. The summed E-state index contributed by atoms with van der Waals surface area (Å²) in [6, 6.07) is 10.5. The van der Waals surface area contributed by atoms with Gasteiger partial charge in [-0.15, -0.1) is 0 Å². The summed E-state index contributed by atoms with van der Waals surface area (Å²) in [5, 5.41) is 9.28. The van der Waals surface area contributed by atoms with Crippen molar-refractivity contribution in [3.8, 4) is 5.75 Å². The maximum atomic E-state index is 11.5. The van der Waals surface area contributed by atoms with E-state index >= 15 is 0 Å². The molecule has 0 spiro atoms. The molecule has 0 aliphatic carbocycles. The third-order valence-corrected chi connectivity index (χ3v) is 3.24. The highest BCUT2D eigenvalue weighted by molar-refractivity contribution is 5.89. The summed E-state index contributed by atoms with van der Waals surface area (Å²) >= 11 is 0. The minimum Gasteiger partial charge on any atom is -0.508 e. The van der Waals surface area contributed by atoms with Crippen molar-refractivity contribution in [2.75, 3.05) is 7.11 Å². The number of fused-ring (bicyclic) bond motifs is 1. The lowest BCUT2D eigenvalue weighted by molar-refractivity contribution is 0.0600. The number of carbonyl (C=O) groups is 1. The number of benzene rings is 1. The summed E-state index contributed by atoms with van der Waals surface area (Å²) in [7, 11) is 1.36. The van der Waals surface area contributed by atoms with Gasteiger partial charge in [-0.2, -0.15) is 0 Å². The predicted molar refractivity (Wildman–Crippen MR) is 77.4 cm³/mol. The number of phenols is 1. The van der Waals surface area contributed by atoms with Crippen LogP contribution in [0.2, 0.25) is 0 Å². The number of phenolic OH excluding ortho intramolecular Hbond substituents is 1. The first kappa shape index (κ1) is 13.2. The fourth-order valence-electron chi connectivity index (χ4n) is 2.19. The van der Waals surface area contributed by atoms with E-state index in [2.05, 4.69) is 4.98 Å². The van der Waals surface area contributed by atoms with E-state index < -0.39 is 0 Å². The van der Waals surface area contributed by atoms with Crippen LogP contribution in [-0.2, 0) is 11.2 Å². The number of imidazole rings is 1. The summed E-state index contributed by atoms with van der Waals surface area (Å²) in [6.07, 6.45) is 4.25. The molecule has 0 aliphatic heterocycles. The Balaban J connectivity index is 1.90. The number of ether oxygens (including phenoxy) is 1. The average Bonchev–Trinajstić information content (AvgIpc) is 2.90. The summed E-state index contributed by atoms with van der Waals surface area (Å²) in [6.45, 7) is 0. The summed E-state index contributed by atoms with van der Waals surface area (Å²) < 4.78 is 6.51. The van der Waals surface area contributed by atoms with Gasteiger partial charge in [0, 0.05) is 18.8 Å². The number of pyridine rings is 1. The van der Waals surface area contributed by atoms with Gasteiger partial charge in [-0.3, -0.25) is 0 Å². The van der Waals surface area contributed by atoms with E-state index in [0.717, 1.165) is 16.9 Å². The Morgan fingerprint density at radius 2 is 1.95 bits per heavy atom. The zero-order valence-electron chi connectivity index (χ0n) is 11.5. The number of hydrogen-bond donors (Lipinski definition) is 1. The molecular formula is C16H14N2O3. The van der Waals surface area contributed by atoms with Gasteiger partial charge in [0.1, 0.15) is 11.4 Å². The zero-order valence-corrected chi connectivity index (χ0v) is 11.5. The van der Waals surface area contributed by atoms with Crippen molar-refractivity contribution in [2.45, 2.75) is 6.42 Å². The van der Waals surface area contributed by atoms with E-state index in [1.54, 1.807) is 30.5 Å². The molecule has 5 nitrogen and oxygen atoms in total. The molecule has 106 valence electrons. The van der Waals surface area contributed by atoms with Crippen molar-refractivity contribution in [3.05, 3.63) is 65.6 Å². The molecular weight excluding hydrogens is 268 g/mol. The van der Waals surface area contributed by atoms with E-state index in [4.69, 9.17) is 4.74 Å². The molecule has 0 unspecified atom stereocenters. The van der Waals surface area contributed by atoms with Crippen molar-refractivity contribution in [2.24, 2.45) is 0 Å². The second kappa shape index (κ2) is 5.28. The molecule has 0 aliphatic rings. The first-order valence-electron chi connectivity index (χ1n) is 6.49. The Labute approximate surface area is 121 Å². The van der Waals surface area contributed by atoms with Crippen molar-refractivity contribution < 1.29 is 14.6 Å². The molecule has 0 atom stereocenters. The number of rotatable bonds is 3. The summed E-state index contributed by atoms with van der Waals surface area (Å²) in [5.74, 6) is -0.123. The standard InChI is InChI=1S/C16H14N2O3/c1-21-16(20)12-4-7-15-17-13(10-18(15)9-12)8-11-2-5-14(19)6-3-11/h2-7,9-10,19H,8H2,1H3. The lowest BCUT2D eigenvalue weighted by atomic mass is 10.1. The summed E-state index contributed by atoms with van der Waals surface area (Å²) in [4.78, 5) is 16.0. The number of carbonyl (C=O) groups excluding carboxylic acids is 1. The first-order valence-corrected chi connectivity index (χ1v) is 6.49. The topological polar surface area (TPSA) is 63.8 Å². The third-order valence-electron chi connectivity index (χ3n) is 3.24. The first-order chi connectivity index (χ1) is 10.2. The van der Waals surface area contributed by atoms with Gasteiger partial charge in [0.05, 0.1) is 18.4 Å². The zero-order chi connectivity index (χ0) is 14.8. The van der Waals surface area contributed by atoms with Crippen LogP contribution in [0.15, 0.2) is 48.8 Å². The molecule has 0 saturated heterocycles. The molecule has 1 aromatic carbocycles. The predicted octanol–water partition coefficient (Wildman–Crippen LogP) is 2.42. The van der Waals surface area contributed by atoms with E-state index in [9.17, 15) is 9.90 Å². The number of aromatic hydroxyl groups is 1. The minimum atomic E-state index is -0.370. The Bertz CT molecular complexity index is 791. The largest absolute Gasteiger partial charge is 0.508 e. The van der Waals surface area contributed by atoms with E-state index in [1.807, 2.05) is 22.7 Å². The molecule has 0 amide bonds. The number of aromatic nitrogens is 2. The highest BCUT2D eigenvalue weighted by atomic mass is 16.5. The fraction of sp³-hybridized carbons (Fsp3) is 0.125. The lowest BCUT2D eigenvalue weighted by Crippen LogP contribution is -2.02. The van der Waals surface area contributed by atoms with Gasteiger partial charge in [-0.05, 0) is 29.8 Å². The van der Waals surface area contributed by atoms with Crippen molar-refractivity contribution >= 4 is 11.6 Å². The van der Waals surface area contributed by atoms with Crippen LogP contribution < -0.4 is 0 Å². The van der Waals surface area contributed by atoms with Crippen molar-refractivity contribution in [1.29, 1.82) is 0 Å². The number of hydrogen-bond acceptors (Lipinski definition) is 4. The van der Waals surface area contributed by atoms with Crippen LogP contribution in [0.3, 0.4) is 0 Å². The number of esters is 1. The monoisotopic (exact) mass is 282 g/mol. The van der Waals surface area contributed by atoms with Gasteiger partial charge < -0.3 is 14.2 Å². The molecule has 1 N–H and O–H groups in total. The van der Waals surface area contributed by atoms with Crippen LogP contribution in [0, 0.1) is 0 Å². The molecule has 0 radical (unpaired) electrons. The van der Waals surface area contributed by atoms with Crippen LogP contribution >= 0.6 is 0 Å². The van der Waals surface area contributed by atoms with Crippen LogP contribution in [0.4, 0.5) is 0 Å². The van der Waals surface area contributed by atoms with Crippen LogP contribution in [0.5, 0.6) is 5.75 Å². The molecule has 3 aromatic rings. The Morgan fingerprint density at radius 1 is 1.19 bits per heavy atom. The van der Waals surface area contributed by atoms with Crippen LogP contribution in [0.1, 0.15) is 21.6 Å². The Hall–Kier alpha value is -2.82. The highest BCUT2D eigenvalue weighted by Crippen LogP contribution is 2.15. The average molecular weight is 282 g/mol. The molecule has 2 heterocycles. The molecule has 5 heteroatoms. The maximum absolute atomic E-state index is 11.5. The van der Waals surface area contributed by atoms with E-state index in [1.165, 1.54) is 7.11 Å². The van der Waals surface area contributed by atoms with Gasteiger partial charge in [0.15, 0.2) is 0 Å². The molecule has 2 aromatic heterocycles. The lowest BCUT2D eigenvalue weighted by Gasteiger charge is -1.99. The molecule has 0 fully saturated rings. The normalized spacial score (nSPS) is 10.7. The summed E-state index contributed by atoms with van der Waals surface area (Å²) in [5.41, 5.74) is 3.21. The van der Waals surface area contributed by atoms with Gasteiger partial charge in [-0.1, -0.05) is 12.1 Å². The van der Waals surface area contributed by atoms with Gasteiger partial charge in [0.25, 0.3) is 0 Å². The fourth-order valence-corrected chi connectivity index (χ4v) is 2.19. The van der Waals surface area contributed by atoms with Gasteiger partial charge >= 0.3 is 5.97 Å². The smallest absolute Gasteiger partial charge is 0.339 e. The molecule has 0 saturated carbocycles. The van der Waals surface area contributed by atoms with E-state index in [0.29, 0.717) is 12.0 Å². The van der Waals surface area contributed by atoms with Gasteiger partial charge in [-0.25, -0.2) is 9.78 Å². The SMILES string of the molecule is COC(=O)c1ccc2nc(Cc3ccc(O)cc3)cn2c1. The van der Waals surface area contributed by atoms with Crippen molar-refractivity contribution in [3.63, 3.8) is 0 Å². The van der Waals surface area contributed by atoms with E-state index in [-0.39, 0.29) is 11.7 Å². The van der Waals surface area contributed by atoms with Crippen LogP contribution in [0.25, 0.3) is 5.65 Å². The molecule has 3 rings (SSSR count). The second-order valence-corrected chi connectivity index (χ2v) is 4.75. The molecule has 21 heavy (non-hydrogen) atoms. The number of methoxy groups -OCH3 is 1. The quantitative estimate of drug-likeness (QED) is 0.749. The van der Waals surface area contributed by atoms with Crippen molar-refractivity contribution in [1.82, 2.24) is 9.38 Å². The second-order valence-electron chi connectivity index (χ2n) is 4.75. The third kappa shape index (κ3) is 2.72. The Morgan fingerprint density at radius 3 is 2.67 bits per heavy atom. The van der Waals surface area contributed by atoms with Gasteiger partial charge in [0.2, 0.25) is 0 Å². The Kier molecular flexibility index (Phi) is 3.31. The number of nitrogens with zero attached hydrogens (tertiary/aromatic N) is 2. The van der Waals surface area contributed by atoms with Crippen LogP contribution in [-0.4, -0.2) is 27.6 Å². The molecule has 0 bridgehead atoms. The highest BCUT2D eigenvalue weighted by Gasteiger charge is 2.08. The minimum absolute atomic E-state index is 0.247.